The van der Waals surface area contributed by atoms with E-state index in [0.717, 1.165) is 24.2 Å². The van der Waals surface area contributed by atoms with Gasteiger partial charge in [-0.3, -0.25) is 0 Å². The number of hydrogen-bond acceptors (Lipinski definition) is 3. The first-order valence-corrected chi connectivity index (χ1v) is 7.03. The Morgan fingerprint density at radius 2 is 2.00 bits per heavy atom. The second kappa shape index (κ2) is 6.64. The van der Waals surface area contributed by atoms with Crippen molar-refractivity contribution in [1.82, 2.24) is 0 Å². The molecular weight excluding hydrogens is 262 g/mol. The SMILES string of the molecule is NC(=S)c1ccc(COCCc2cccs2)cc1. The zero-order chi connectivity index (χ0) is 12.8. The van der Waals surface area contributed by atoms with Crippen molar-refractivity contribution in [2.45, 2.75) is 13.0 Å². The van der Waals surface area contributed by atoms with Crippen molar-refractivity contribution in [2.24, 2.45) is 5.73 Å². The molecule has 1 aromatic carbocycles. The molecular formula is C14H15NOS2. The molecule has 0 unspecified atom stereocenters. The van der Waals surface area contributed by atoms with Gasteiger partial charge < -0.3 is 10.5 Å². The van der Waals surface area contributed by atoms with Gasteiger partial charge in [0.1, 0.15) is 4.99 Å². The summed E-state index contributed by atoms with van der Waals surface area (Å²) in [4.78, 5) is 1.79. The smallest absolute Gasteiger partial charge is 0.103 e. The third-order valence-electron chi connectivity index (χ3n) is 2.58. The molecule has 2 N–H and O–H groups in total. The lowest BCUT2D eigenvalue weighted by Gasteiger charge is -2.04. The van der Waals surface area contributed by atoms with Crippen molar-refractivity contribution >= 4 is 28.5 Å². The lowest BCUT2D eigenvalue weighted by atomic mass is 10.1. The van der Waals surface area contributed by atoms with E-state index in [4.69, 9.17) is 22.7 Å². The molecule has 0 saturated heterocycles. The van der Waals surface area contributed by atoms with Gasteiger partial charge in [0, 0.05) is 16.9 Å². The van der Waals surface area contributed by atoms with E-state index in [1.807, 2.05) is 24.3 Å². The van der Waals surface area contributed by atoms with E-state index in [1.165, 1.54) is 4.88 Å². The normalized spacial score (nSPS) is 10.4. The monoisotopic (exact) mass is 277 g/mol. The first kappa shape index (κ1) is 13.2. The van der Waals surface area contributed by atoms with Gasteiger partial charge in [-0.05, 0) is 17.0 Å². The molecule has 2 rings (SSSR count). The summed E-state index contributed by atoms with van der Waals surface area (Å²) in [5.41, 5.74) is 7.58. The molecule has 0 atom stereocenters. The van der Waals surface area contributed by atoms with Crippen LogP contribution in [0.3, 0.4) is 0 Å². The summed E-state index contributed by atoms with van der Waals surface area (Å²) in [5.74, 6) is 0. The molecule has 0 spiro atoms. The first-order valence-electron chi connectivity index (χ1n) is 5.74. The fraction of sp³-hybridized carbons (Fsp3) is 0.214. The number of thiophene rings is 1. The van der Waals surface area contributed by atoms with Crippen LogP contribution >= 0.6 is 23.6 Å². The quantitative estimate of drug-likeness (QED) is 0.651. The third kappa shape index (κ3) is 3.91. The van der Waals surface area contributed by atoms with Crippen LogP contribution in [0.1, 0.15) is 16.0 Å². The summed E-state index contributed by atoms with van der Waals surface area (Å²) >= 11 is 6.67. The van der Waals surface area contributed by atoms with Gasteiger partial charge in [0.2, 0.25) is 0 Å². The number of thiocarbonyl (C=S) groups is 1. The molecule has 0 aliphatic carbocycles. The zero-order valence-electron chi connectivity index (χ0n) is 9.96. The predicted molar refractivity (Wildman–Crippen MR) is 80.0 cm³/mol. The average Bonchev–Trinajstić information content (AvgIpc) is 2.88. The number of rotatable bonds is 6. The Morgan fingerprint density at radius 1 is 1.22 bits per heavy atom. The fourth-order valence-electron chi connectivity index (χ4n) is 1.58. The van der Waals surface area contributed by atoms with E-state index in [2.05, 4.69) is 17.5 Å². The molecule has 0 bridgehead atoms. The van der Waals surface area contributed by atoms with Crippen molar-refractivity contribution in [3.63, 3.8) is 0 Å². The summed E-state index contributed by atoms with van der Waals surface area (Å²) in [6, 6.07) is 12.1. The highest BCUT2D eigenvalue weighted by atomic mass is 32.1. The van der Waals surface area contributed by atoms with E-state index in [1.54, 1.807) is 11.3 Å². The summed E-state index contributed by atoms with van der Waals surface area (Å²) in [6.45, 7) is 1.38. The van der Waals surface area contributed by atoms with Gasteiger partial charge >= 0.3 is 0 Å². The molecule has 0 fully saturated rings. The number of ether oxygens (including phenoxy) is 1. The Morgan fingerprint density at radius 3 is 2.61 bits per heavy atom. The molecule has 0 amide bonds. The van der Waals surface area contributed by atoms with Gasteiger partial charge in [-0.25, -0.2) is 0 Å². The van der Waals surface area contributed by atoms with Gasteiger partial charge in [0.05, 0.1) is 13.2 Å². The molecule has 1 heterocycles. The lowest BCUT2D eigenvalue weighted by molar-refractivity contribution is 0.124. The molecule has 4 heteroatoms. The second-order valence-electron chi connectivity index (χ2n) is 3.94. The fourth-order valence-corrected chi connectivity index (χ4v) is 2.41. The number of nitrogens with two attached hydrogens (primary N) is 1. The second-order valence-corrected chi connectivity index (χ2v) is 5.42. The molecule has 18 heavy (non-hydrogen) atoms. The van der Waals surface area contributed by atoms with Gasteiger partial charge in [-0.1, -0.05) is 42.5 Å². The van der Waals surface area contributed by atoms with Crippen LogP contribution < -0.4 is 5.73 Å². The van der Waals surface area contributed by atoms with Gasteiger partial charge in [0.15, 0.2) is 0 Å². The molecule has 0 aliphatic rings. The third-order valence-corrected chi connectivity index (χ3v) is 3.75. The summed E-state index contributed by atoms with van der Waals surface area (Å²) < 4.78 is 5.64. The Labute approximate surface area is 116 Å². The minimum atomic E-state index is 0.431. The Bertz CT molecular complexity index is 491. The van der Waals surface area contributed by atoms with E-state index >= 15 is 0 Å². The average molecular weight is 277 g/mol. The van der Waals surface area contributed by atoms with Crippen LogP contribution in [0.2, 0.25) is 0 Å². The minimum Gasteiger partial charge on any atom is -0.389 e. The molecule has 2 aromatic rings. The highest BCUT2D eigenvalue weighted by Crippen LogP contribution is 2.10. The van der Waals surface area contributed by atoms with Crippen molar-refractivity contribution in [3.8, 4) is 0 Å². The summed E-state index contributed by atoms with van der Waals surface area (Å²) in [6.07, 6.45) is 0.975. The molecule has 0 aliphatic heterocycles. The van der Waals surface area contributed by atoms with Crippen molar-refractivity contribution in [1.29, 1.82) is 0 Å². The molecule has 0 saturated carbocycles. The Kier molecular flexibility index (Phi) is 4.87. The largest absolute Gasteiger partial charge is 0.389 e. The van der Waals surface area contributed by atoms with Crippen LogP contribution in [-0.4, -0.2) is 11.6 Å². The van der Waals surface area contributed by atoms with Crippen LogP contribution in [0.5, 0.6) is 0 Å². The number of benzene rings is 1. The minimum absolute atomic E-state index is 0.431. The first-order chi connectivity index (χ1) is 8.75. The summed E-state index contributed by atoms with van der Waals surface area (Å²) in [5, 5.41) is 2.09. The standard InChI is InChI=1S/C14H15NOS2/c15-14(17)12-5-3-11(4-6-12)10-16-8-7-13-2-1-9-18-13/h1-6,9H,7-8,10H2,(H2,15,17). The van der Waals surface area contributed by atoms with Crippen molar-refractivity contribution < 1.29 is 4.74 Å². The van der Waals surface area contributed by atoms with Crippen LogP contribution in [0, 0.1) is 0 Å². The van der Waals surface area contributed by atoms with E-state index in [-0.39, 0.29) is 0 Å². The molecule has 1 aromatic heterocycles. The van der Waals surface area contributed by atoms with Crippen LogP contribution in [0.4, 0.5) is 0 Å². The van der Waals surface area contributed by atoms with Crippen molar-refractivity contribution in [3.05, 3.63) is 57.8 Å². The maximum atomic E-state index is 5.64. The van der Waals surface area contributed by atoms with Crippen LogP contribution in [0.15, 0.2) is 41.8 Å². The molecule has 94 valence electrons. The maximum Gasteiger partial charge on any atom is 0.103 e. The van der Waals surface area contributed by atoms with Crippen LogP contribution in [-0.2, 0) is 17.8 Å². The van der Waals surface area contributed by atoms with Gasteiger partial charge in [0.25, 0.3) is 0 Å². The highest BCUT2D eigenvalue weighted by molar-refractivity contribution is 7.80. The highest BCUT2D eigenvalue weighted by Gasteiger charge is 1.98. The van der Waals surface area contributed by atoms with Gasteiger partial charge in [-0.2, -0.15) is 0 Å². The Balaban J connectivity index is 1.75. The summed E-state index contributed by atoms with van der Waals surface area (Å²) in [7, 11) is 0. The topological polar surface area (TPSA) is 35.2 Å². The van der Waals surface area contributed by atoms with Crippen LogP contribution in [0.25, 0.3) is 0 Å². The van der Waals surface area contributed by atoms with Gasteiger partial charge in [-0.15, -0.1) is 11.3 Å². The lowest BCUT2D eigenvalue weighted by Crippen LogP contribution is -2.09. The number of hydrogen-bond donors (Lipinski definition) is 1. The van der Waals surface area contributed by atoms with E-state index in [0.29, 0.717) is 11.6 Å². The van der Waals surface area contributed by atoms with E-state index < -0.39 is 0 Å². The predicted octanol–water partition coefficient (Wildman–Crippen LogP) is 3.14. The zero-order valence-corrected chi connectivity index (χ0v) is 11.6. The van der Waals surface area contributed by atoms with E-state index in [9.17, 15) is 0 Å². The van der Waals surface area contributed by atoms with Crippen molar-refractivity contribution in [2.75, 3.05) is 6.61 Å². The molecule has 0 radical (unpaired) electrons. The molecule has 2 nitrogen and oxygen atoms in total. The Hall–Kier alpha value is -1.23. The maximum absolute atomic E-state index is 5.64.